The molecule has 0 saturated heterocycles. The number of amides is 1. The number of hydrogen-bond acceptors (Lipinski definition) is 6. The summed E-state index contributed by atoms with van der Waals surface area (Å²) in [7, 11) is 2.07. The zero-order valence-corrected chi connectivity index (χ0v) is 19.7. The molecular formula is C27H21ClN4O3. The van der Waals surface area contributed by atoms with Crippen molar-refractivity contribution < 1.29 is 13.9 Å². The minimum atomic E-state index is -0.327. The lowest BCUT2D eigenvalue weighted by Crippen LogP contribution is -2.28. The SMILES string of the molecule is CN1CCOc2cc(-c3cnc4c(c3)CC(c3cc(NC(=O)c5ccco5)ccc3Cl)=N4)ccc21. The first-order chi connectivity index (χ1) is 17.0. The number of fused-ring (bicyclic) bond motifs is 2. The van der Waals surface area contributed by atoms with E-state index in [1.807, 2.05) is 12.3 Å². The van der Waals surface area contributed by atoms with Crippen LogP contribution in [0.2, 0.25) is 5.02 Å². The maximum absolute atomic E-state index is 12.4. The van der Waals surface area contributed by atoms with Gasteiger partial charge in [0.1, 0.15) is 12.4 Å². The maximum atomic E-state index is 12.4. The van der Waals surface area contributed by atoms with Gasteiger partial charge < -0.3 is 19.4 Å². The molecule has 2 aliphatic heterocycles. The summed E-state index contributed by atoms with van der Waals surface area (Å²) in [6.45, 7) is 1.55. The Morgan fingerprint density at radius 1 is 1.11 bits per heavy atom. The normalized spacial score (nSPS) is 14.1. The van der Waals surface area contributed by atoms with Crippen LogP contribution in [-0.2, 0) is 6.42 Å². The topological polar surface area (TPSA) is 80.0 Å². The van der Waals surface area contributed by atoms with Crippen molar-refractivity contribution in [3.8, 4) is 16.9 Å². The molecule has 0 unspecified atom stereocenters. The fraction of sp³-hybridized carbons (Fsp3) is 0.148. The van der Waals surface area contributed by atoms with Crippen LogP contribution >= 0.6 is 11.6 Å². The van der Waals surface area contributed by atoms with E-state index in [0.29, 0.717) is 29.6 Å². The van der Waals surface area contributed by atoms with Crippen LogP contribution in [0.1, 0.15) is 21.7 Å². The summed E-state index contributed by atoms with van der Waals surface area (Å²) in [5.74, 6) is 1.47. The highest BCUT2D eigenvalue weighted by Crippen LogP contribution is 2.37. The number of halogens is 1. The summed E-state index contributed by atoms with van der Waals surface area (Å²) < 4.78 is 11.0. The maximum Gasteiger partial charge on any atom is 0.291 e. The number of hydrogen-bond donors (Lipinski definition) is 1. The molecular weight excluding hydrogens is 464 g/mol. The molecule has 1 N–H and O–H groups in total. The smallest absolute Gasteiger partial charge is 0.291 e. The summed E-state index contributed by atoms with van der Waals surface area (Å²) >= 11 is 6.51. The van der Waals surface area contributed by atoms with E-state index >= 15 is 0 Å². The Morgan fingerprint density at radius 2 is 2.03 bits per heavy atom. The van der Waals surface area contributed by atoms with Gasteiger partial charge in [-0.1, -0.05) is 17.7 Å². The summed E-state index contributed by atoms with van der Waals surface area (Å²) in [5, 5.41) is 3.40. The number of nitrogens with zero attached hydrogens (tertiary/aromatic N) is 3. The molecule has 0 saturated carbocycles. The third-order valence-electron chi connectivity index (χ3n) is 6.21. The van der Waals surface area contributed by atoms with Crippen molar-refractivity contribution in [3.63, 3.8) is 0 Å². The number of furan rings is 1. The van der Waals surface area contributed by atoms with Crippen LogP contribution in [0.3, 0.4) is 0 Å². The molecule has 4 heterocycles. The van der Waals surface area contributed by atoms with Crippen LogP contribution in [0.5, 0.6) is 5.75 Å². The van der Waals surface area contributed by atoms with Crippen molar-refractivity contribution >= 4 is 40.4 Å². The third-order valence-corrected chi connectivity index (χ3v) is 6.54. The number of rotatable bonds is 4. The van der Waals surface area contributed by atoms with Crippen molar-refractivity contribution in [3.05, 3.63) is 89.0 Å². The quantitative estimate of drug-likeness (QED) is 0.399. The van der Waals surface area contributed by atoms with E-state index in [9.17, 15) is 4.79 Å². The number of nitrogens with one attached hydrogen (secondary N) is 1. The van der Waals surface area contributed by atoms with Crippen LogP contribution in [0.4, 0.5) is 17.2 Å². The fourth-order valence-electron chi connectivity index (χ4n) is 4.36. The number of carbonyl (C=O) groups excluding carboxylic acids is 1. The Labute approximate surface area is 207 Å². The van der Waals surface area contributed by atoms with Crippen LogP contribution in [0, 0.1) is 0 Å². The van der Waals surface area contributed by atoms with Gasteiger partial charge in [0.15, 0.2) is 11.6 Å². The van der Waals surface area contributed by atoms with Crippen molar-refractivity contribution in [2.75, 3.05) is 30.4 Å². The van der Waals surface area contributed by atoms with E-state index in [1.54, 1.807) is 24.3 Å². The molecule has 0 spiro atoms. The molecule has 2 aromatic heterocycles. The highest BCUT2D eigenvalue weighted by molar-refractivity contribution is 6.34. The van der Waals surface area contributed by atoms with Gasteiger partial charge in [0.05, 0.1) is 24.2 Å². The van der Waals surface area contributed by atoms with Crippen LogP contribution in [0.25, 0.3) is 11.1 Å². The first kappa shape index (κ1) is 21.4. The van der Waals surface area contributed by atoms with Gasteiger partial charge >= 0.3 is 0 Å². The third kappa shape index (κ3) is 4.04. The molecule has 6 rings (SSSR count). The highest BCUT2D eigenvalue weighted by atomic mass is 35.5. The van der Waals surface area contributed by atoms with Crippen molar-refractivity contribution in [2.45, 2.75) is 6.42 Å². The minimum absolute atomic E-state index is 0.239. The molecule has 2 aliphatic rings. The molecule has 4 aromatic rings. The second-order valence-corrected chi connectivity index (χ2v) is 8.93. The van der Waals surface area contributed by atoms with E-state index < -0.39 is 0 Å². The largest absolute Gasteiger partial charge is 0.490 e. The van der Waals surface area contributed by atoms with Gasteiger partial charge in [-0.3, -0.25) is 4.79 Å². The van der Waals surface area contributed by atoms with E-state index in [1.165, 1.54) is 6.26 Å². The Kier molecular flexibility index (Phi) is 5.26. The summed E-state index contributed by atoms with van der Waals surface area (Å²) in [5.41, 5.74) is 6.33. The molecule has 0 radical (unpaired) electrons. The standard InChI is InChI=1S/C27H21ClN4O3/c1-32-8-10-35-25-13-16(4-7-23(25)32)18-11-17-12-22(31-26(17)29-15-18)20-14-19(5-6-21(20)28)30-27(33)24-3-2-9-34-24/h2-7,9,11,13-15H,8,10,12H2,1H3,(H,30,33). The predicted octanol–water partition coefficient (Wildman–Crippen LogP) is 5.75. The summed E-state index contributed by atoms with van der Waals surface area (Å²) in [6, 6.07) is 17.0. The molecule has 0 fully saturated rings. The van der Waals surface area contributed by atoms with Crippen molar-refractivity contribution in [1.29, 1.82) is 0 Å². The first-order valence-corrected chi connectivity index (χ1v) is 11.6. The first-order valence-electron chi connectivity index (χ1n) is 11.2. The number of likely N-dealkylation sites (N-methyl/N-ethyl adjacent to an activating group) is 1. The number of ether oxygens (including phenoxy) is 1. The zero-order chi connectivity index (χ0) is 23.9. The summed E-state index contributed by atoms with van der Waals surface area (Å²) in [6.07, 6.45) is 3.89. The molecule has 35 heavy (non-hydrogen) atoms. The lowest BCUT2D eigenvalue weighted by atomic mass is 10.0. The van der Waals surface area contributed by atoms with Gasteiger partial charge in [0, 0.05) is 47.1 Å². The second kappa shape index (κ2) is 8.60. The van der Waals surface area contributed by atoms with E-state index in [2.05, 4.69) is 46.5 Å². The number of aliphatic imine (C=N–C) groups is 1. The predicted molar refractivity (Wildman–Crippen MR) is 136 cm³/mol. The van der Waals surface area contributed by atoms with E-state index in [0.717, 1.165) is 45.9 Å². The minimum Gasteiger partial charge on any atom is -0.490 e. The lowest BCUT2D eigenvalue weighted by Gasteiger charge is -2.28. The fourth-order valence-corrected chi connectivity index (χ4v) is 4.58. The summed E-state index contributed by atoms with van der Waals surface area (Å²) in [4.78, 5) is 23.9. The van der Waals surface area contributed by atoms with Gasteiger partial charge in [-0.05, 0) is 54.1 Å². The number of carbonyl (C=O) groups is 1. The molecule has 0 atom stereocenters. The average Bonchev–Trinajstić information content (AvgIpc) is 3.55. The van der Waals surface area contributed by atoms with E-state index in [-0.39, 0.29) is 11.7 Å². The van der Waals surface area contributed by atoms with Gasteiger partial charge in [-0.2, -0.15) is 0 Å². The molecule has 2 aromatic carbocycles. The molecule has 0 aliphatic carbocycles. The number of pyridine rings is 1. The number of aromatic nitrogens is 1. The second-order valence-electron chi connectivity index (χ2n) is 8.52. The average molecular weight is 485 g/mol. The lowest BCUT2D eigenvalue weighted by molar-refractivity contribution is 0.0996. The zero-order valence-electron chi connectivity index (χ0n) is 18.9. The van der Waals surface area contributed by atoms with Crippen LogP contribution < -0.4 is 15.0 Å². The van der Waals surface area contributed by atoms with Crippen LogP contribution in [-0.4, -0.2) is 36.8 Å². The highest BCUT2D eigenvalue weighted by Gasteiger charge is 2.22. The molecule has 7 nitrogen and oxygen atoms in total. The van der Waals surface area contributed by atoms with Gasteiger partial charge in [-0.25, -0.2) is 9.98 Å². The molecule has 174 valence electrons. The van der Waals surface area contributed by atoms with E-state index in [4.69, 9.17) is 25.7 Å². The Hall–Kier alpha value is -4.10. The van der Waals surface area contributed by atoms with Gasteiger partial charge in [-0.15, -0.1) is 0 Å². The van der Waals surface area contributed by atoms with Gasteiger partial charge in [0.2, 0.25) is 0 Å². The monoisotopic (exact) mass is 484 g/mol. The van der Waals surface area contributed by atoms with Crippen molar-refractivity contribution in [1.82, 2.24) is 4.98 Å². The Balaban J connectivity index is 1.25. The van der Waals surface area contributed by atoms with Crippen molar-refractivity contribution in [2.24, 2.45) is 4.99 Å². The Bertz CT molecular complexity index is 1480. The molecule has 1 amide bonds. The molecule has 8 heteroatoms. The molecule has 0 bridgehead atoms. The Morgan fingerprint density at radius 3 is 2.89 bits per heavy atom. The van der Waals surface area contributed by atoms with Crippen LogP contribution in [0.15, 0.2) is 76.5 Å². The number of benzene rings is 2. The number of anilines is 2. The van der Waals surface area contributed by atoms with Gasteiger partial charge in [0.25, 0.3) is 5.91 Å².